The van der Waals surface area contributed by atoms with Gasteiger partial charge in [-0.3, -0.25) is 9.59 Å². The van der Waals surface area contributed by atoms with Crippen LogP contribution >= 0.6 is 0 Å². The van der Waals surface area contributed by atoms with E-state index < -0.39 is 29.9 Å². The summed E-state index contributed by atoms with van der Waals surface area (Å²) in [6, 6.07) is 15.7. The Hall–Kier alpha value is -3.39. The van der Waals surface area contributed by atoms with Crippen molar-refractivity contribution in [3.8, 4) is 11.1 Å². The van der Waals surface area contributed by atoms with E-state index in [9.17, 15) is 19.5 Å². The van der Waals surface area contributed by atoms with Crippen molar-refractivity contribution in [2.75, 3.05) is 26.4 Å². The highest BCUT2D eigenvalue weighted by Gasteiger charge is 2.36. The second kappa shape index (κ2) is 10.7. The monoisotopic (exact) mass is 466 g/mol. The normalized spacial score (nSPS) is 19.7. The highest BCUT2D eigenvalue weighted by molar-refractivity contribution is 5.82. The predicted molar refractivity (Wildman–Crippen MR) is 125 cm³/mol. The molecule has 0 aromatic heterocycles. The average Bonchev–Trinajstić information content (AvgIpc) is 3.42. The van der Waals surface area contributed by atoms with Crippen molar-refractivity contribution >= 4 is 18.0 Å². The summed E-state index contributed by atoms with van der Waals surface area (Å²) in [5.74, 6) is -2.55. The van der Waals surface area contributed by atoms with Crippen LogP contribution in [0.4, 0.5) is 4.79 Å². The fraction of sp³-hybridized carbons (Fsp3) is 0.423. The van der Waals surface area contributed by atoms with Gasteiger partial charge in [0.2, 0.25) is 5.91 Å². The summed E-state index contributed by atoms with van der Waals surface area (Å²) in [6.07, 6.45) is 0.591. The molecule has 2 aliphatic rings. The lowest BCUT2D eigenvalue weighted by Crippen LogP contribution is -2.47. The zero-order valence-electron chi connectivity index (χ0n) is 19.2. The van der Waals surface area contributed by atoms with E-state index in [-0.39, 0.29) is 38.2 Å². The number of carbonyl (C=O) groups excluding carboxylic acids is 2. The first-order chi connectivity index (χ1) is 16.5. The van der Waals surface area contributed by atoms with Gasteiger partial charge in [-0.1, -0.05) is 61.9 Å². The number of benzene rings is 2. The lowest BCUT2D eigenvalue weighted by atomic mass is 9.98. The van der Waals surface area contributed by atoms with Gasteiger partial charge in [-0.05, 0) is 28.7 Å². The number of carboxylic acid groups (broad SMARTS) is 1. The summed E-state index contributed by atoms with van der Waals surface area (Å²) >= 11 is 0. The Balaban J connectivity index is 1.32. The molecule has 3 unspecified atom stereocenters. The quantitative estimate of drug-likeness (QED) is 0.523. The zero-order valence-corrected chi connectivity index (χ0v) is 19.2. The molecule has 8 heteroatoms. The van der Waals surface area contributed by atoms with Crippen LogP contribution in [0.1, 0.15) is 36.8 Å². The number of fused-ring (bicyclic) bond motifs is 3. The molecule has 0 bridgehead atoms. The standard InChI is InChI=1S/C26H30N2O6/c1-2-7-16(25(30)31)12-27-24(29)22-13-33-15-23(22)28-26(32)34-14-21-19-10-5-3-8-17(19)18-9-4-6-11-20(18)21/h3-6,8-11,16,21-23H,2,7,12-15H2,1H3,(H,27,29)(H,28,32)(H,30,31). The van der Waals surface area contributed by atoms with Crippen LogP contribution in [0, 0.1) is 11.8 Å². The summed E-state index contributed by atoms with van der Waals surface area (Å²) in [6.45, 7) is 2.49. The van der Waals surface area contributed by atoms with E-state index in [4.69, 9.17) is 9.47 Å². The molecule has 8 nitrogen and oxygen atoms in total. The van der Waals surface area contributed by atoms with Gasteiger partial charge in [0.25, 0.3) is 0 Å². The Kier molecular flexibility index (Phi) is 7.47. The Morgan fingerprint density at radius 3 is 2.32 bits per heavy atom. The van der Waals surface area contributed by atoms with Crippen LogP contribution in [0.5, 0.6) is 0 Å². The van der Waals surface area contributed by atoms with Gasteiger partial charge in [-0.2, -0.15) is 0 Å². The minimum absolute atomic E-state index is 0.0518. The Morgan fingerprint density at radius 2 is 1.71 bits per heavy atom. The van der Waals surface area contributed by atoms with Gasteiger partial charge >= 0.3 is 12.1 Å². The maximum absolute atomic E-state index is 12.6. The smallest absolute Gasteiger partial charge is 0.407 e. The number of hydrogen-bond donors (Lipinski definition) is 3. The number of nitrogens with one attached hydrogen (secondary N) is 2. The van der Waals surface area contributed by atoms with Crippen LogP contribution in [0.2, 0.25) is 0 Å². The third-order valence-electron chi connectivity index (χ3n) is 6.57. The van der Waals surface area contributed by atoms with E-state index in [0.29, 0.717) is 12.8 Å². The van der Waals surface area contributed by atoms with Gasteiger partial charge in [0.05, 0.1) is 31.1 Å². The van der Waals surface area contributed by atoms with Gasteiger partial charge in [0.1, 0.15) is 6.61 Å². The predicted octanol–water partition coefficient (Wildman–Crippen LogP) is 3.16. The molecule has 2 amide bonds. The van der Waals surface area contributed by atoms with Crippen LogP contribution in [0.3, 0.4) is 0 Å². The van der Waals surface area contributed by atoms with Crippen molar-refractivity contribution in [2.24, 2.45) is 11.8 Å². The number of alkyl carbamates (subject to hydrolysis) is 1. The lowest BCUT2D eigenvalue weighted by Gasteiger charge is -2.21. The van der Waals surface area contributed by atoms with E-state index in [1.54, 1.807) is 0 Å². The van der Waals surface area contributed by atoms with Gasteiger partial charge in [0, 0.05) is 12.5 Å². The topological polar surface area (TPSA) is 114 Å². The molecule has 0 radical (unpaired) electrons. The largest absolute Gasteiger partial charge is 0.481 e. The Morgan fingerprint density at radius 1 is 1.06 bits per heavy atom. The highest BCUT2D eigenvalue weighted by Crippen LogP contribution is 2.44. The van der Waals surface area contributed by atoms with Crippen molar-refractivity contribution in [1.82, 2.24) is 10.6 Å². The number of rotatable bonds is 9. The molecule has 0 spiro atoms. The first-order valence-electron chi connectivity index (χ1n) is 11.7. The molecule has 1 saturated heterocycles. The number of aliphatic carboxylic acids is 1. The van der Waals surface area contributed by atoms with E-state index in [0.717, 1.165) is 22.3 Å². The summed E-state index contributed by atoms with van der Waals surface area (Å²) in [4.78, 5) is 36.5. The molecule has 3 N–H and O–H groups in total. The minimum Gasteiger partial charge on any atom is -0.481 e. The number of carbonyl (C=O) groups is 3. The maximum atomic E-state index is 12.6. The highest BCUT2D eigenvalue weighted by atomic mass is 16.5. The second-order valence-corrected chi connectivity index (χ2v) is 8.79. The van der Waals surface area contributed by atoms with Gasteiger partial charge < -0.3 is 25.2 Å². The van der Waals surface area contributed by atoms with Crippen LogP contribution in [-0.4, -0.2) is 55.5 Å². The van der Waals surface area contributed by atoms with Crippen molar-refractivity contribution in [3.05, 3.63) is 59.7 Å². The number of ether oxygens (including phenoxy) is 2. The summed E-state index contributed by atoms with van der Waals surface area (Å²) in [5, 5.41) is 14.7. The van der Waals surface area contributed by atoms with Gasteiger partial charge in [-0.15, -0.1) is 0 Å². The van der Waals surface area contributed by atoms with Crippen molar-refractivity contribution in [1.29, 1.82) is 0 Å². The summed E-state index contributed by atoms with van der Waals surface area (Å²) < 4.78 is 11.0. The van der Waals surface area contributed by atoms with Crippen LogP contribution in [0.15, 0.2) is 48.5 Å². The van der Waals surface area contributed by atoms with Crippen molar-refractivity contribution < 1.29 is 29.0 Å². The third-order valence-corrected chi connectivity index (χ3v) is 6.57. The fourth-order valence-corrected chi connectivity index (χ4v) is 4.76. The molecule has 1 aliphatic heterocycles. The van der Waals surface area contributed by atoms with Gasteiger partial charge in [0.15, 0.2) is 0 Å². The molecular formula is C26H30N2O6. The van der Waals surface area contributed by atoms with Gasteiger partial charge in [-0.25, -0.2) is 4.79 Å². The first kappa shape index (κ1) is 23.8. The molecule has 2 aromatic rings. The van der Waals surface area contributed by atoms with Crippen LogP contribution < -0.4 is 10.6 Å². The maximum Gasteiger partial charge on any atom is 0.407 e. The molecule has 34 heavy (non-hydrogen) atoms. The fourth-order valence-electron chi connectivity index (χ4n) is 4.76. The van der Waals surface area contributed by atoms with E-state index in [2.05, 4.69) is 34.9 Å². The number of carboxylic acids is 1. The second-order valence-electron chi connectivity index (χ2n) is 8.79. The Bertz CT molecular complexity index is 1010. The molecule has 4 rings (SSSR count). The third kappa shape index (κ3) is 5.07. The SMILES string of the molecule is CCCC(CNC(=O)C1COCC1NC(=O)OCC1c2ccccc2-c2ccccc21)C(=O)O. The van der Waals surface area contributed by atoms with Crippen LogP contribution in [-0.2, 0) is 19.1 Å². The first-order valence-corrected chi connectivity index (χ1v) is 11.7. The molecule has 3 atom stereocenters. The number of amides is 2. The lowest BCUT2D eigenvalue weighted by molar-refractivity contribution is -0.142. The Labute approximate surface area is 198 Å². The van der Waals surface area contributed by atoms with Crippen molar-refractivity contribution in [2.45, 2.75) is 31.7 Å². The molecule has 0 saturated carbocycles. The average molecular weight is 467 g/mol. The number of hydrogen-bond acceptors (Lipinski definition) is 5. The van der Waals surface area contributed by atoms with E-state index in [1.807, 2.05) is 31.2 Å². The van der Waals surface area contributed by atoms with E-state index >= 15 is 0 Å². The summed E-state index contributed by atoms with van der Waals surface area (Å²) in [7, 11) is 0. The summed E-state index contributed by atoms with van der Waals surface area (Å²) in [5.41, 5.74) is 4.54. The molecule has 180 valence electrons. The van der Waals surface area contributed by atoms with E-state index in [1.165, 1.54) is 0 Å². The zero-order chi connectivity index (χ0) is 24.1. The minimum atomic E-state index is -0.932. The molecule has 1 fully saturated rings. The van der Waals surface area contributed by atoms with Crippen molar-refractivity contribution in [3.63, 3.8) is 0 Å². The molecule has 1 aliphatic carbocycles. The molecule has 2 aromatic carbocycles. The van der Waals surface area contributed by atoms with Crippen LogP contribution in [0.25, 0.3) is 11.1 Å². The molecular weight excluding hydrogens is 436 g/mol. The molecule has 1 heterocycles.